The van der Waals surface area contributed by atoms with Gasteiger partial charge in [-0.3, -0.25) is 0 Å². The van der Waals surface area contributed by atoms with Crippen molar-refractivity contribution >= 4 is 10.0 Å². The molecule has 0 unspecified atom stereocenters. The lowest BCUT2D eigenvalue weighted by Gasteiger charge is -2.25. The van der Waals surface area contributed by atoms with Gasteiger partial charge in [0, 0.05) is 11.1 Å². The molecule has 5 nitrogen and oxygen atoms in total. The molecule has 1 aromatic rings. The summed E-state index contributed by atoms with van der Waals surface area (Å²) in [7, 11) is -3.62. The molecular formula is C15H25NO4S. The molecule has 0 aliphatic carbocycles. The fourth-order valence-electron chi connectivity index (χ4n) is 2.24. The van der Waals surface area contributed by atoms with E-state index < -0.39 is 15.6 Å². The molecule has 0 aliphatic heterocycles. The van der Waals surface area contributed by atoms with Crippen LogP contribution in [0.2, 0.25) is 0 Å². The average Bonchev–Trinajstić information content (AvgIpc) is 2.37. The fourth-order valence-corrected chi connectivity index (χ4v) is 3.73. The quantitative estimate of drug-likeness (QED) is 0.772. The first-order valence-electron chi connectivity index (χ1n) is 7.16. The number of rotatable bonds is 8. The van der Waals surface area contributed by atoms with Gasteiger partial charge < -0.3 is 9.84 Å². The van der Waals surface area contributed by atoms with Gasteiger partial charge in [0.2, 0.25) is 10.0 Å². The molecule has 120 valence electrons. The molecule has 21 heavy (non-hydrogen) atoms. The minimum absolute atomic E-state index is 0.138. The number of benzene rings is 1. The topological polar surface area (TPSA) is 75.6 Å². The van der Waals surface area contributed by atoms with Crippen molar-refractivity contribution in [3.8, 4) is 5.75 Å². The molecule has 0 aromatic heterocycles. The first-order chi connectivity index (χ1) is 9.75. The van der Waals surface area contributed by atoms with Crippen molar-refractivity contribution in [2.75, 3.05) is 6.61 Å². The number of aliphatic hydroxyl groups excluding tert-OH is 1. The summed E-state index contributed by atoms with van der Waals surface area (Å²) in [5, 5.41) is 9.36. The molecule has 6 heteroatoms. The average molecular weight is 315 g/mol. The van der Waals surface area contributed by atoms with E-state index in [-0.39, 0.29) is 11.5 Å². The summed E-state index contributed by atoms with van der Waals surface area (Å²) < 4.78 is 32.9. The van der Waals surface area contributed by atoms with Crippen molar-refractivity contribution in [1.29, 1.82) is 0 Å². The first-order valence-corrected chi connectivity index (χ1v) is 8.64. The van der Waals surface area contributed by atoms with Gasteiger partial charge in [-0.15, -0.1) is 0 Å². The predicted octanol–water partition coefficient (Wildman–Crippen LogP) is 2.43. The SMILES string of the molecule is CCCC(C)(C)NS(=O)(=O)c1ccc(OCC)c(CO)c1. The van der Waals surface area contributed by atoms with E-state index in [1.54, 1.807) is 6.07 Å². The van der Waals surface area contributed by atoms with E-state index in [0.29, 0.717) is 17.9 Å². The molecule has 0 saturated heterocycles. The molecule has 0 heterocycles. The lowest BCUT2D eigenvalue weighted by Crippen LogP contribution is -2.43. The molecule has 1 rings (SSSR count). The second-order valence-corrected chi connectivity index (χ2v) is 7.28. The third-order valence-corrected chi connectivity index (χ3v) is 4.79. The van der Waals surface area contributed by atoms with Gasteiger partial charge in [0.05, 0.1) is 18.1 Å². The van der Waals surface area contributed by atoms with Gasteiger partial charge >= 0.3 is 0 Å². The highest BCUT2D eigenvalue weighted by Crippen LogP contribution is 2.24. The molecule has 0 amide bonds. The predicted molar refractivity (Wildman–Crippen MR) is 82.8 cm³/mol. The zero-order valence-corrected chi connectivity index (χ0v) is 14.0. The van der Waals surface area contributed by atoms with Gasteiger partial charge in [-0.2, -0.15) is 0 Å². The Labute approximate surface area is 127 Å². The standard InChI is InChI=1S/C15H25NO4S/c1-5-9-15(3,4)16-21(18,19)13-7-8-14(20-6-2)12(10-13)11-17/h7-8,10,16-17H,5-6,9,11H2,1-4H3. The van der Waals surface area contributed by atoms with E-state index in [2.05, 4.69) is 4.72 Å². The summed E-state index contributed by atoms with van der Waals surface area (Å²) in [6, 6.07) is 4.53. The summed E-state index contributed by atoms with van der Waals surface area (Å²) in [4.78, 5) is 0.138. The number of sulfonamides is 1. The molecule has 0 spiro atoms. The Morgan fingerprint density at radius 2 is 1.95 bits per heavy atom. The number of hydrogen-bond donors (Lipinski definition) is 2. The van der Waals surface area contributed by atoms with Crippen molar-refractivity contribution in [2.45, 2.75) is 57.6 Å². The highest BCUT2D eigenvalue weighted by Gasteiger charge is 2.26. The van der Waals surface area contributed by atoms with Crippen LogP contribution in [0.1, 0.15) is 46.1 Å². The maximum Gasteiger partial charge on any atom is 0.241 e. The first kappa shape index (κ1) is 17.9. The van der Waals surface area contributed by atoms with E-state index in [1.807, 2.05) is 27.7 Å². The van der Waals surface area contributed by atoms with E-state index in [4.69, 9.17) is 4.74 Å². The van der Waals surface area contributed by atoms with Crippen LogP contribution in [0.5, 0.6) is 5.75 Å². The van der Waals surface area contributed by atoms with Crippen LogP contribution in [-0.4, -0.2) is 25.7 Å². The van der Waals surface area contributed by atoms with Crippen LogP contribution in [0.15, 0.2) is 23.1 Å². The molecule has 0 fully saturated rings. The molecule has 2 N–H and O–H groups in total. The lowest BCUT2D eigenvalue weighted by atomic mass is 10.0. The molecule has 0 radical (unpaired) electrons. The van der Waals surface area contributed by atoms with Gasteiger partial charge in [0.25, 0.3) is 0 Å². The molecule has 0 bridgehead atoms. The van der Waals surface area contributed by atoms with Crippen LogP contribution >= 0.6 is 0 Å². The minimum atomic E-state index is -3.62. The third-order valence-electron chi connectivity index (χ3n) is 3.10. The zero-order chi connectivity index (χ0) is 16.1. The van der Waals surface area contributed by atoms with Gasteiger partial charge in [-0.25, -0.2) is 13.1 Å². The summed E-state index contributed by atoms with van der Waals surface area (Å²) in [5.41, 5.74) is -0.0426. The van der Waals surface area contributed by atoms with E-state index >= 15 is 0 Å². The van der Waals surface area contributed by atoms with Crippen molar-refractivity contribution in [2.24, 2.45) is 0 Å². The molecule has 1 aromatic carbocycles. The molecule has 0 aliphatic rings. The number of aliphatic hydroxyl groups is 1. The lowest BCUT2D eigenvalue weighted by molar-refractivity contribution is 0.266. The van der Waals surface area contributed by atoms with E-state index in [9.17, 15) is 13.5 Å². The molecule has 0 atom stereocenters. The summed E-state index contributed by atoms with van der Waals surface area (Å²) in [6.45, 7) is 7.75. The number of hydrogen-bond acceptors (Lipinski definition) is 4. The molecule has 0 saturated carbocycles. The van der Waals surface area contributed by atoms with Crippen LogP contribution in [0.25, 0.3) is 0 Å². The highest BCUT2D eigenvalue weighted by molar-refractivity contribution is 7.89. The van der Waals surface area contributed by atoms with Crippen molar-refractivity contribution in [3.05, 3.63) is 23.8 Å². The van der Waals surface area contributed by atoms with Gasteiger partial charge in [-0.1, -0.05) is 13.3 Å². The summed E-state index contributed by atoms with van der Waals surface area (Å²) in [6.07, 6.45) is 1.64. The second-order valence-electron chi connectivity index (χ2n) is 5.60. The normalized spacial score (nSPS) is 12.4. The van der Waals surface area contributed by atoms with Crippen LogP contribution in [0.3, 0.4) is 0 Å². The van der Waals surface area contributed by atoms with Crippen LogP contribution in [-0.2, 0) is 16.6 Å². The number of ether oxygens (including phenoxy) is 1. The number of nitrogens with one attached hydrogen (secondary N) is 1. The summed E-state index contributed by atoms with van der Waals surface area (Å²) in [5.74, 6) is 0.506. The Hall–Kier alpha value is -1.11. The third kappa shape index (κ3) is 4.98. The Bertz CT molecular complexity index is 567. The Morgan fingerprint density at radius 1 is 1.29 bits per heavy atom. The Morgan fingerprint density at radius 3 is 2.48 bits per heavy atom. The summed E-state index contributed by atoms with van der Waals surface area (Å²) >= 11 is 0. The maximum atomic E-state index is 12.4. The Balaban J connectivity index is 3.09. The van der Waals surface area contributed by atoms with Crippen molar-refractivity contribution in [1.82, 2.24) is 4.72 Å². The highest BCUT2D eigenvalue weighted by atomic mass is 32.2. The Kier molecular flexibility index (Phi) is 6.19. The maximum absolute atomic E-state index is 12.4. The van der Waals surface area contributed by atoms with Crippen LogP contribution in [0, 0.1) is 0 Å². The van der Waals surface area contributed by atoms with Crippen molar-refractivity contribution < 1.29 is 18.3 Å². The second kappa shape index (κ2) is 7.24. The fraction of sp³-hybridized carbons (Fsp3) is 0.600. The van der Waals surface area contributed by atoms with Crippen LogP contribution < -0.4 is 9.46 Å². The van der Waals surface area contributed by atoms with Crippen molar-refractivity contribution in [3.63, 3.8) is 0 Å². The molecular weight excluding hydrogens is 290 g/mol. The minimum Gasteiger partial charge on any atom is -0.494 e. The monoisotopic (exact) mass is 315 g/mol. The largest absolute Gasteiger partial charge is 0.494 e. The van der Waals surface area contributed by atoms with Crippen LogP contribution in [0.4, 0.5) is 0 Å². The van der Waals surface area contributed by atoms with Gasteiger partial charge in [0.1, 0.15) is 5.75 Å². The smallest absolute Gasteiger partial charge is 0.241 e. The van der Waals surface area contributed by atoms with E-state index in [0.717, 1.165) is 12.8 Å². The van der Waals surface area contributed by atoms with Gasteiger partial charge in [-0.05, 0) is 45.4 Å². The zero-order valence-electron chi connectivity index (χ0n) is 13.1. The van der Waals surface area contributed by atoms with Gasteiger partial charge in [0.15, 0.2) is 0 Å². The van der Waals surface area contributed by atoms with E-state index in [1.165, 1.54) is 12.1 Å².